The molecule has 0 spiro atoms. The molecule has 1 aliphatic heterocycles. The van der Waals surface area contributed by atoms with Crippen molar-refractivity contribution in [3.63, 3.8) is 0 Å². The monoisotopic (exact) mass is 236 g/mol. The molecule has 1 saturated heterocycles. The van der Waals surface area contributed by atoms with Gasteiger partial charge < -0.3 is 10.0 Å². The Kier molecular flexibility index (Phi) is 3.51. The summed E-state index contributed by atoms with van der Waals surface area (Å²) < 4.78 is 0. The summed E-state index contributed by atoms with van der Waals surface area (Å²) in [6.07, 6.45) is 0.430. The Balaban J connectivity index is 2.07. The van der Waals surface area contributed by atoms with Crippen molar-refractivity contribution in [1.29, 1.82) is 0 Å². The number of hydrogen-bond acceptors (Lipinski definition) is 3. The predicted octanol–water partition coefficient (Wildman–Crippen LogP) is 1.58. The van der Waals surface area contributed by atoms with Crippen molar-refractivity contribution in [1.82, 2.24) is 4.90 Å². The van der Waals surface area contributed by atoms with Crippen LogP contribution in [0.15, 0.2) is 35.3 Å². The number of hydrogen-bond donors (Lipinski definition) is 1. The molecule has 86 valence electrons. The van der Waals surface area contributed by atoms with Gasteiger partial charge in [-0.25, -0.2) is 0 Å². The van der Waals surface area contributed by atoms with Crippen molar-refractivity contribution in [2.45, 2.75) is 17.9 Å². The fourth-order valence-electron chi connectivity index (χ4n) is 1.85. The Labute approximate surface area is 100 Å². The van der Waals surface area contributed by atoms with E-state index < -0.39 is 6.23 Å². The second kappa shape index (κ2) is 4.89. The first-order valence-corrected chi connectivity index (χ1v) is 6.18. The van der Waals surface area contributed by atoms with Crippen LogP contribution in [0.4, 0.5) is 0 Å². The topological polar surface area (TPSA) is 35.8 Å². The molecule has 1 aromatic rings. The Hall–Kier alpha value is -1.00. The third kappa shape index (κ3) is 2.23. The minimum Gasteiger partial charge on any atom is -0.372 e. The van der Waals surface area contributed by atoms with Crippen LogP contribution in [0.25, 0.3) is 0 Å². The van der Waals surface area contributed by atoms with Gasteiger partial charge in [0.1, 0.15) is 6.23 Å². The molecule has 0 saturated carbocycles. The van der Waals surface area contributed by atoms with E-state index >= 15 is 0 Å². The molecule has 1 heterocycles. The van der Waals surface area contributed by atoms with Gasteiger partial charge in [0, 0.05) is 14.1 Å². The number of aliphatic imine (C=N–C) groups is 1. The molecular weight excluding hydrogens is 220 g/mol. The van der Waals surface area contributed by atoms with Gasteiger partial charge in [0.25, 0.3) is 0 Å². The molecule has 1 aliphatic rings. The van der Waals surface area contributed by atoms with Gasteiger partial charge in [0.05, 0.1) is 5.25 Å². The Morgan fingerprint density at radius 1 is 1.38 bits per heavy atom. The average molecular weight is 236 g/mol. The molecule has 0 unspecified atom stereocenters. The van der Waals surface area contributed by atoms with E-state index in [0.717, 1.165) is 11.6 Å². The molecule has 0 radical (unpaired) electrons. The molecule has 1 aromatic carbocycles. The van der Waals surface area contributed by atoms with Gasteiger partial charge in [-0.3, -0.25) is 4.99 Å². The Morgan fingerprint density at radius 2 is 2.06 bits per heavy atom. The van der Waals surface area contributed by atoms with Crippen molar-refractivity contribution in [2.24, 2.45) is 4.99 Å². The average Bonchev–Trinajstić information content (AvgIpc) is 2.58. The number of aliphatic hydroxyl groups is 1. The van der Waals surface area contributed by atoms with Crippen LogP contribution in [0, 0.1) is 0 Å². The van der Waals surface area contributed by atoms with Gasteiger partial charge in [0.15, 0.2) is 5.17 Å². The quantitative estimate of drug-likeness (QED) is 0.847. The molecular formula is C12H16N2OS. The molecule has 4 heteroatoms. The van der Waals surface area contributed by atoms with E-state index in [0.29, 0.717) is 0 Å². The van der Waals surface area contributed by atoms with Crippen molar-refractivity contribution in [3.8, 4) is 0 Å². The van der Waals surface area contributed by atoms with Gasteiger partial charge in [-0.1, -0.05) is 42.1 Å². The summed E-state index contributed by atoms with van der Waals surface area (Å²) in [5.74, 6) is 0. The van der Waals surface area contributed by atoms with Crippen molar-refractivity contribution in [3.05, 3.63) is 35.9 Å². The first-order chi connectivity index (χ1) is 7.72. The van der Waals surface area contributed by atoms with Gasteiger partial charge >= 0.3 is 0 Å². The van der Waals surface area contributed by atoms with Crippen LogP contribution in [0.1, 0.15) is 5.56 Å². The zero-order valence-corrected chi connectivity index (χ0v) is 10.3. The van der Waals surface area contributed by atoms with Crippen molar-refractivity contribution in [2.75, 3.05) is 14.1 Å². The van der Waals surface area contributed by atoms with Gasteiger partial charge in [-0.05, 0) is 12.0 Å². The Bertz CT molecular complexity index is 380. The van der Waals surface area contributed by atoms with E-state index in [1.807, 2.05) is 30.1 Å². The smallest absolute Gasteiger partial charge is 0.161 e. The van der Waals surface area contributed by atoms with Crippen LogP contribution in [0.3, 0.4) is 0 Å². The molecule has 3 nitrogen and oxygen atoms in total. The van der Waals surface area contributed by atoms with Crippen LogP contribution in [-0.4, -0.2) is 40.7 Å². The first kappa shape index (κ1) is 11.5. The van der Waals surface area contributed by atoms with E-state index in [-0.39, 0.29) is 5.25 Å². The predicted molar refractivity (Wildman–Crippen MR) is 68.7 cm³/mol. The molecule has 0 aliphatic carbocycles. The number of nitrogens with zero attached hydrogens (tertiary/aromatic N) is 2. The first-order valence-electron chi connectivity index (χ1n) is 5.30. The molecule has 0 amide bonds. The second-order valence-corrected chi connectivity index (χ2v) is 5.08. The fourth-order valence-corrected chi connectivity index (χ4v) is 3.08. The van der Waals surface area contributed by atoms with E-state index in [1.54, 1.807) is 18.8 Å². The highest BCUT2D eigenvalue weighted by Gasteiger charge is 2.35. The van der Waals surface area contributed by atoms with Crippen molar-refractivity contribution < 1.29 is 5.11 Å². The third-order valence-electron chi connectivity index (χ3n) is 2.76. The molecule has 1 fully saturated rings. The number of benzene rings is 1. The van der Waals surface area contributed by atoms with Gasteiger partial charge in [-0.2, -0.15) is 0 Å². The van der Waals surface area contributed by atoms with Crippen molar-refractivity contribution >= 4 is 16.9 Å². The molecule has 2 rings (SSSR count). The summed E-state index contributed by atoms with van der Waals surface area (Å²) in [6.45, 7) is 0. The lowest BCUT2D eigenvalue weighted by atomic mass is 10.1. The maximum Gasteiger partial charge on any atom is 0.161 e. The van der Waals surface area contributed by atoms with E-state index in [9.17, 15) is 5.11 Å². The maximum absolute atomic E-state index is 10.0. The summed E-state index contributed by atoms with van der Waals surface area (Å²) in [7, 11) is 3.64. The number of aliphatic hydroxyl groups excluding tert-OH is 1. The Morgan fingerprint density at radius 3 is 2.62 bits per heavy atom. The summed E-state index contributed by atoms with van der Waals surface area (Å²) in [4.78, 5) is 5.99. The highest BCUT2D eigenvalue weighted by atomic mass is 32.2. The lowest BCUT2D eigenvalue weighted by molar-refractivity contribution is 0.0758. The second-order valence-electron chi connectivity index (χ2n) is 3.88. The summed E-state index contributed by atoms with van der Waals surface area (Å²) in [5.41, 5.74) is 1.25. The molecule has 0 bridgehead atoms. The van der Waals surface area contributed by atoms with E-state index in [4.69, 9.17) is 0 Å². The van der Waals surface area contributed by atoms with Crippen LogP contribution in [-0.2, 0) is 6.42 Å². The SMILES string of the molecule is CN=C1S[C@H](Cc2ccccc2)[C@H](O)N1C. The van der Waals surface area contributed by atoms with Crippen LogP contribution in [0.2, 0.25) is 0 Å². The van der Waals surface area contributed by atoms with Crippen LogP contribution in [0.5, 0.6) is 0 Å². The zero-order chi connectivity index (χ0) is 11.5. The molecule has 0 aromatic heterocycles. The maximum atomic E-state index is 10.0. The summed E-state index contributed by atoms with van der Waals surface area (Å²) >= 11 is 1.65. The van der Waals surface area contributed by atoms with Crippen LogP contribution >= 0.6 is 11.8 Å². The lowest BCUT2D eigenvalue weighted by Crippen LogP contribution is -2.34. The molecule has 2 atom stereocenters. The molecule has 16 heavy (non-hydrogen) atoms. The number of thioether (sulfide) groups is 1. The van der Waals surface area contributed by atoms with Gasteiger partial charge in [-0.15, -0.1) is 0 Å². The largest absolute Gasteiger partial charge is 0.372 e. The van der Waals surface area contributed by atoms with Crippen LogP contribution < -0.4 is 0 Å². The molecule has 1 N–H and O–H groups in total. The minimum absolute atomic E-state index is 0.172. The summed E-state index contributed by atoms with van der Waals surface area (Å²) in [6, 6.07) is 10.2. The summed E-state index contributed by atoms with van der Waals surface area (Å²) in [5, 5.41) is 11.1. The number of rotatable bonds is 2. The third-order valence-corrected chi connectivity index (χ3v) is 4.15. The highest BCUT2D eigenvalue weighted by Crippen LogP contribution is 2.31. The van der Waals surface area contributed by atoms with E-state index in [2.05, 4.69) is 17.1 Å². The zero-order valence-electron chi connectivity index (χ0n) is 9.50. The normalized spacial score (nSPS) is 27.7. The van der Waals surface area contributed by atoms with Gasteiger partial charge in [0.2, 0.25) is 0 Å². The fraction of sp³-hybridized carbons (Fsp3) is 0.417. The standard InChI is InChI=1S/C12H16N2OS/c1-13-12-14(2)11(15)10(16-12)8-9-6-4-3-5-7-9/h3-7,10-11,15H,8H2,1-2H3/t10-,11+/m1/s1. The van der Waals surface area contributed by atoms with E-state index in [1.165, 1.54) is 5.56 Å². The minimum atomic E-state index is -0.441. The highest BCUT2D eigenvalue weighted by molar-refractivity contribution is 8.14. The lowest BCUT2D eigenvalue weighted by Gasteiger charge is -2.18. The number of amidine groups is 1.